The maximum atomic E-state index is 12.9. The second-order valence-corrected chi connectivity index (χ2v) is 7.84. The van der Waals surface area contributed by atoms with Gasteiger partial charge in [-0.3, -0.25) is 0 Å². The number of benzene rings is 2. The molecule has 0 atom stereocenters. The zero-order valence-corrected chi connectivity index (χ0v) is 13.9. The molecule has 1 heterocycles. The van der Waals surface area contributed by atoms with Crippen molar-refractivity contribution in [3.05, 3.63) is 48.0 Å². The van der Waals surface area contributed by atoms with Crippen LogP contribution in [-0.4, -0.2) is 30.9 Å². The van der Waals surface area contributed by atoms with E-state index in [0.717, 1.165) is 18.9 Å². The van der Waals surface area contributed by atoms with Gasteiger partial charge in [0.15, 0.2) is 0 Å². The van der Waals surface area contributed by atoms with Gasteiger partial charge in [-0.25, -0.2) is 8.42 Å². The van der Waals surface area contributed by atoms with E-state index < -0.39 is 27.5 Å². The summed E-state index contributed by atoms with van der Waals surface area (Å²) in [6.45, 7) is 0.883. The molecule has 0 unspecified atom stereocenters. The number of nitrogens with zero attached hydrogens (tertiary/aromatic N) is 1. The molecule has 1 saturated heterocycles. The fourth-order valence-electron chi connectivity index (χ4n) is 2.86. The predicted octanol–water partition coefficient (Wildman–Crippen LogP) is 3.86. The number of halogens is 3. The van der Waals surface area contributed by atoms with Gasteiger partial charge in [0.25, 0.3) is 0 Å². The predicted molar refractivity (Wildman–Crippen MR) is 86.5 cm³/mol. The van der Waals surface area contributed by atoms with Crippen molar-refractivity contribution in [2.45, 2.75) is 23.9 Å². The molecule has 134 valence electrons. The molecule has 1 N–H and O–H groups in total. The van der Waals surface area contributed by atoms with Crippen LogP contribution in [0.25, 0.3) is 11.1 Å². The van der Waals surface area contributed by atoms with Crippen LogP contribution in [0.4, 0.5) is 13.2 Å². The van der Waals surface area contributed by atoms with Gasteiger partial charge < -0.3 is 5.11 Å². The number of sulfonamides is 1. The summed E-state index contributed by atoms with van der Waals surface area (Å²) in [5, 5.41) is 9.59. The van der Waals surface area contributed by atoms with Crippen molar-refractivity contribution in [2.75, 3.05) is 13.1 Å². The number of aromatic hydroxyl groups is 1. The van der Waals surface area contributed by atoms with E-state index in [0.29, 0.717) is 24.7 Å². The van der Waals surface area contributed by atoms with Gasteiger partial charge in [0.1, 0.15) is 5.75 Å². The quantitative estimate of drug-likeness (QED) is 0.891. The zero-order chi connectivity index (χ0) is 18.2. The molecule has 4 nitrogen and oxygen atoms in total. The summed E-state index contributed by atoms with van der Waals surface area (Å²) >= 11 is 0. The minimum absolute atomic E-state index is 0.0313. The van der Waals surface area contributed by atoms with Crippen LogP contribution in [0.5, 0.6) is 5.75 Å². The second-order valence-electron chi connectivity index (χ2n) is 5.91. The number of hydrogen-bond donors (Lipinski definition) is 1. The Kier molecular flexibility index (Phi) is 4.51. The Morgan fingerprint density at radius 2 is 1.64 bits per heavy atom. The molecule has 0 aromatic heterocycles. The van der Waals surface area contributed by atoms with Crippen LogP contribution in [0.3, 0.4) is 0 Å². The third kappa shape index (κ3) is 3.64. The van der Waals surface area contributed by atoms with Gasteiger partial charge in [-0.2, -0.15) is 17.5 Å². The molecule has 1 aliphatic rings. The molecule has 0 aliphatic carbocycles. The highest BCUT2D eigenvalue weighted by Gasteiger charge is 2.32. The van der Waals surface area contributed by atoms with Gasteiger partial charge in [0, 0.05) is 13.1 Å². The lowest BCUT2D eigenvalue weighted by atomic mass is 10.0. The standard InChI is InChI=1S/C17H16F3NO3S/c18-17(19,20)14-8-13(9-15(22)11-14)12-4-3-5-16(10-12)25(23,24)21-6-1-2-7-21/h3-5,8-11,22H,1-2,6-7H2. The van der Waals surface area contributed by atoms with E-state index in [1.54, 1.807) is 0 Å². The summed E-state index contributed by atoms with van der Waals surface area (Å²) in [5.41, 5.74) is -0.595. The summed E-state index contributed by atoms with van der Waals surface area (Å²) in [7, 11) is -3.67. The average molecular weight is 371 g/mol. The van der Waals surface area contributed by atoms with Crippen LogP contribution in [0.1, 0.15) is 18.4 Å². The molecular weight excluding hydrogens is 355 g/mol. The van der Waals surface area contributed by atoms with E-state index in [9.17, 15) is 26.7 Å². The molecule has 0 radical (unpaired) electrons. The van der Waals surface area contributed by atoms with Gasteiger partial charge in [-0.1, -0.05) is 12.1 Å². The van der Waals surface area contributed by atoms with Crippen LogP contribution in [-0.2, 0) is 16.2 Å². The number of rotatable bonds is 3. The highest BCUT2D eigenvalue weighted by molar-refractivity contribution is 7.89. The molecule has 1 fully saturated rings. The molecule has 25 heavy (non-hydrogen) atoms. The Morgan fingerprint density at radius 3 is 2.28 bits per heavy atom. The van der Waals surface area contributed by atoms with Crippen molar-refractivity contribution < 1.29 is 26.7 Å². The molecule has 0 spiro atoms. The van der Waals surface area contributed by atoms with E-state index in [1.165, 1.54) is 34.6 Å². The van der Waals surface area contributed by atoms with Gasteiger partial charge >= 0.3 is 6.18 Å². The molecule has 0 saturated carbocycles. The molecule has 0 amide bonds. The summed E-state index contributed by atoms with van der Waals surface area (Å²) in [6, 6.07) is 8.45. The van der Waals surface area contributed by atoms with Crippen LogP contribution in [0.2, 0.25) is 0 Å². The first-order valence-electron chi connectivity index (χ1n) is 7.70. The maximum Gasteiger partial charge on any atom is 0.416 e. The summed E-state index contributed by atoms with van der Waals surface area (Å²) in [4.78, 5) is 0.0313. The molecular formula is C17H16F3NO3S. The summed E-state index contributed by atoms with van der Waals surface area (Å²) in [6.07, 6.45) is -3.02. The zero-order valence-electron chi connectivity index (χ0n) is 13.1. The lowest BCUT2D eigenvalue weighted by molar-refractivity contribution is -0.137. The van der Waals surface area contributed by atoms with Gasteiger partial charge in [0.2, 0.25) is 10.0 Å². The molecule has 8 heteroatoms. The maximum absolute atomic E-state index is 12.9. The topological polar surface area (TPSA) is 57.6 Å². The van der Waals surface area contributed by atoms with Crippen molar-refractivity contribution in [1.29, 1.82) is 0 Å². The fourth-order valence-corrected chi connectivity index (χ4v) is 4.42. The lowest BCUT2D eigenvalue weighted by Crippen LogP contribution is -2.27. The van der Waals surface area contributed by atoms with Gasteiger partial charge in [-0.15, -0.1) is 0 Å². The highest BCUT2D eigenvalue weighted by Crippen LogP contribution is 2.36. The number of phenols is 1. The first kappa shape index (κ1) is 17.8. The molecule has 2 aromatic rings. The molecule has 0 bridgehead atoms. The number of hydrogen-bond acceptors (Lipinski definition) is 3. The Bertz CT molecular complexity index is 888. The summed E-state index contributed by atoms with van der Waals surface area (Å²) in [5.74, 6) is -0.530. The van der Waals surface area contributed by atoms with Crippen molar-refractivity contribution >= 4 is 10.0 Å². The lowest BCUT2D eigenvalue weighted by Gasteiger charge is -2.16. The van der Waals surface area contributed by atoms with E-state index in [4.69, 9.17) is 0 Å². The molecule has 1 aliphatic heterocycles. The largest absolute Gasteiger partial charge is 0.508 e. The SMILES string of the molecule is O=S(=O)(c1cccc(-c2cc(O)cc(C(F)(F)F)c2)c1)N1CCCC1. The first-order valence-corrected chi connectivity index (χ1v) is 9.14. The van der Waals surface area contributed by atoms with E-state index in [2.05, 4.69) is 0 Å². The minimum atomic E-state index is -4.60. The van der Waals surface area contributed by atoms with Crippen molar-refractivity contribution in [1.82, 2.24) is 4.31 Å². The van der Waals surface area contributed by atoms with Gasteiger partial charge in [-0.05, 0) is 54.3 Å². The number of alkyl halides is 3. The number of phenolic OH excluding ortho intramolecular Hbond substituents is 1. The van der Waals surface area contributed by atoms with Crippen molar-refractivity contribution in [3.63, 3.8) is 0 Å². The van der Waals surface area contributed by atoms with Gasteiger partial charge in [0.05, 0.1) is 10.5 Å². The third-order valence-corrected chi connectivity index (χ3v) is 6.01. The van der Waals surface area contributed by atoms with Crippen LogP contribution in [0.15, 0.2) is 47.4 Å². The van der Waals surface area contributed by atoms with E-state index >= 15 is 0 Å². The Balaban J connectivity index is 2.04. The van der Waals surface area contributed by atoms with E-state index in [1.807, 2.05) is 0 Å². The van der Waals surface area contributed by atoms with Crippen LogP contribution < -0.4 is 0 Å². The molecule has 2 aromatic carbocycles. The summed E-state index contributed by atoms with van der Waals surface area (Å²) < 4.78 is 65.4. The van der Waals surface area contributed by atoms with E-state index in [-0.39, 0.29) is 10.5 Å². The Hall–Kier alpha value is -2.06. The average Bonchev–Trinajstić information content (AvgIpc) is 3.09. The first-order chi connectivity index (χ1) is 11.7. The normalized spacial score (nSPS) is 16.3. The van der Waals surface area contributed by atoms with Crippen LogP contribution >= 0.6 is 0 Å². The van der Waals surface area contributed by atoms with Crippen molar-refractivity contribution in [2.24, 2.45) is 0 Å². The second kappa shape index (κ2) is 6.34. The fraction of sp³-hybridized carbons (Fsp3) is 0.294. The highest BCUT2D eigenvalue weighted by atomic mass is 32.2. The minimum Gasteiger partial charge on any atom is -0.508 e. The molecule has 3 rings (SSSR count). The van der Waals surface area contributed by atoms with Crippen molar-refractivity contribution in [3.8, 4) is 16.9 Å². The Morgan fingerprint density at radius 1 is 0.960 bits per heavy atom. The third-order valence-electron chi connectivity index (χ3n) is 4.12. The Labute approximate surface area is 143 Å². The van der Waals surface area contributed by atoms with Crippen LogP contribution in [0, 0.1) is 0 Å². The smallest absolute Gasteiger partial charge is 0.416 e. The monoisotopic (exact) mass is 371 g/mol.